The van der Waals surface area contributed by atoms with Crippen molar-refractivity contribution in [3.8, 4) is 46.0 Å². The highest BCUT2D eigenvalue weighted by Crippen LogP contribution is 2.52. The number of benzene rings is 4. The molecule has 0 unspecified atom stereocenters. The number of pyridine rings is 1. The number of nitrogens with zero attached hydrogens (tertiary/aromatic N) is 3. The Labute approximate surface area is 309 Å². The summed E-state index contributed by atoms with van der Waals surface area (Å²) in [4.78, 5) is 22.6. The topological polar surface area (TPSA) is 91.8 Å². The molecule has 0 fully saturated rings. The van der Waals surface area contributed by atoms with E-state index in [0.29, 0.717) is 46.5 Å². The second-order valence-electron chi connectivity index (χ2n) is 13.9. The summed E-state index contributed by atoms with van der Waals surface area (Å²) >= 11 is 0. The quantitative estimate of drug-likeness (QED) is 0.133. The Morgan fingerprint density at radius 3 is 2.15 bits per heavy atom. The molecule has 272 valence electrons. The molecule has 53 heavy (non-hydrogen) atoms. The van der Waals surface area contributed by atoms with E-state index in [2.05, 4.69) is 59.2 Å². The molecule has 0 spiro atoms. The van der Waals surface area contributed by atoms with Gasteiger partial charge in [-0.1, -0.05) is 18.2 Å². The van der Waals surface area contributed by atoms with Crippen molar-refractivity contribution in [3.63, 3.8) is 0 Å². The lowest BCUT2D eigenvalue weighted by molar-refractivity contribution is 0.0723. The summed E-state index contributed by atoms with van der Waals surface area (Å²) < 4.78 is 37.5. The standard InChI is InChI=1S/C43H43N3O7/c1-45-17-14-28-22-36(49-4)38-24-32(28)33(45)19-26-8-11-31(12-9-26)51-37-21-27(10-13-35(37)48-3)20-34-40-29(15-18-46(34)2)23-39(50-5)41(42(40)52-38)53-43(47)30-7-6-16-44-25-30/h6-13,16,21-25,33-34H,14-15,17-20H2,1-5H3/t33-,34-/m0/s1. The van der Waals surface area contributed by atoms with Crippen molar-refractivity contribution >= 4 is 5.97 Å². The van der Waals surface area contributed by atoms with E-state index in [1.807, 2.05) is 30.3 Å². The molecule has 0 radical (unpaired) electrons. The van der Waals surface area contributed by atoms with Crippen LogP contribution in [0.2, 0.25) is 0 Å². The van der Waals surface area contributed by atoms with Gasteiger partial charge in [0.1, 0.15) is 5.75 Å². The SMILES string of the molecule is COc1ccc2cc1Oc1ccc(cc1)C[C@H]1c3cc(c(OC)cc3CCN1C)Oc1c(OC(=O)c3cccnc3)c(OC)cc3c1[C@H](C2)N(C)CC3. The normalized spacial score (nSPS) is 18.1. The van der Waals surface area contributed by atoms with Crippen LogP contribution in [0.15, 0.2) is 85.2 Å². The highest BCUT2D eigenvalue weighted by atomic mass is 16.6. The Balaban J connectivity index is 1.36. The van der Waals surface area contributed by atoms with E-state index in [-0.39, 0.29) is 17.8 Å². The lowest BCUT2D eigenvalue weighted by atomic mass is 9.87. The molecule has 1 aromatic heterocycles. The highest BCUT2D eigenvalue weighted by molar-refractivity contribution is 5.91. The Kier molecular flexibility index (Phi) is 9.40. The van der Waals surface area contributed by atoms with Crippen LogP contribution in [0.4, 0.5) is 0 Å². The fraction of sp³-hybridized carbons (Fsp3) is 0.302. The third-order valence-corrected chi connectivity index (χ3v) is 10.7. The van der Waals surface area contributed by atoms with E-state index < -0.39 is 5.97 Å². The van der Waals surface area contributed by atoms with Crippen LogP contribution in [-0.4, -0.2) is 69.3 Å². The molecule has 5 heterocycles. The van der Waals surface area contributed by atoms with Crippen LogP contribution in [0, 0.1) is 0 Å². The summed E-state index contributed by atoms with van der Waals surface area (Å²) in [5.41, 5.74) is 6.87. The monoisotopic (exact) mass is 713 g/mol. The van der Waals surface area contributed by atoms with Crippen LogP contribution in [0.5, 0.6) is 46.0 Å². The van der Waals surface area contributed by atoms with Gasteiger partial charge in [-0.3, -0.25) is 14.8 Å². The molecule has 0 aliphatic carbocycles. The molecule has 0 amide bonds. The highest BCUT2D eigenvalue weighted by Gasteiger charge is 2.35. The number of esters is 1. The Morgan fingerprint density at radius 1 is 0.736 bits per heavy atom. The molecular weight excluding hydrogens is 670 g/mol. The number of carbonyl (C=O) groups is 1. The molecule has 10 nitrogen and oxygen atoms in total. The van der Waals surface area contributed by atoms with Gasteiger partial charge in [0.25, 0.3) is 0 Å². The molecule has 5 aromatic rings. The van der Waals surface area contributed by atoms with Crippen LogP contribution in [0.25, 0.3) is 0 Å². The fourth-order valence-electron chi connectivity index (χ4n) is 7.81. The van der Waals surface area contributed by atoms with Gasteiger partial charge in [-0.05, 0) is 122 Å². The average Bonchev–Trinajstić information content (AvgIpc) is 3.18. The molecule has 10 heteroatoms. The maximum Gasteiger partial charge on any atom is 0.345 e. The molecule has 0 saturated carbocycles. The Morgan fingerprint density at radius 2 is 1.42 bits per heavy atom. The van der Waals surface area contributed by atoms with Crippen molar-refractivity contribution in [1.82, 2.24) is 14.8 Å². The summed E-state index contributed by atoms with van der Waals surface area (Å²) in [6.07, 6.45) is 6.11. The number of carbonyl (C=O) groups excluding carboxylic acids is 1. The number of methoxy groups -OCH3 is 3. The fourth-order valence-corrected chi connectivity index (χ4v) is 7.81. The van der Waals surface area contributed by atoms with Crippen LogP contribution < -0.4 is 28.4 Å². The van der Waals surface area contributed by atoms with Gasteiger partial charge in [-0.2, -0.15) is 0 Å². The first-order valence-electron chi connectivity index (χ1n) is 17.9. The summed E-state index contributed by atoms with van der Waals surface area (Å²) in [5, 5.41) is 0. The lowest BCUT2D eigenvalue weighted by Crippen LogP contribution is -2.34. The number of likely N-dealkylation sites (N-methyl/N-ethyl adjacent to an activating group) is 2. The van der Waals surface area contributed by atoms with E-state index in [0.717, 1.165) is 60.4 Å². The maximum atomic E-state index is 13.7. The van der Waals surface area contributed by atoms with Gasteiger partial charge < -0.3 is 28.4 Å². The molecule has 2 atom stereocenters. The minimum absolute atomic E-state index is 0.0791. The zero-order valence-electron chi connectivity index (χ0n) is 30.7. The number of hydrogen-bond donors (Lipinski definition) is 0. The van der Waals surface area contributed by atoms with Gasteiger partial charge in [0.2, 0.25) is 5.75 Å². The van der Waals surface area contributed by atoms with Gasteiger partial charge in [0, 0.05) is 43.1 Å². The number of fused-ring (bicyclic) bond motifs is 2. The van der Waals surface area contributed by atoms with Gasteiger partial charge in [0.05, 0.1) is 26.9 Å². The molecule has 4 aliphatic rings. The van der Waals surface area contributed by atoms with Crippen LogP contribution >= 0.6 is 0 Å². The zero-order valence-corrected chi connectivity index (χ0v) is 30.7. The first-order chi connectivity index (χ1) is 25.8. The minimum Gasteiger partial charge on any atom is -0.493 e. The molecular formula is C43H43N3O7. The van der Waals surface area contributed by atoms with Crippen LogP contribution in [-0.2, 0) is 25.7 Å². The molecule has 0 saturated heterocycles. The van der Waals surface area contributed by atoms with Crippen molar-refractivity contribution < 1.29 is 33.2 Å². The van der Waals surface area contributed by atoms with Crippen molar-refractivity contribution in [2.75, 3.05) is 48.5 Å². The molecule has 0 N–H and O–H groups in total. The molecule has 6 bridgehead atoms. The van der Waals surface area contributed by atoms with E-state index in [1.54, 1.807) is 39.7 Å². The molecule has 4 aromatic carbocycles. The molecule has 9 rings (SSSR count). The largest absolute Gasteiger partial charge is 0.493 e. The summed E-state index contributed by atoms with van der Waals surface area (Å²) in [6.45, 7) is 1.71. The predicted molar refractivity (Wildman–Crippen MR) is 200 cm³/mol. The van der Waals surface area contributed by atoms with Crippen LogP contribution in [0.3, 0.4) is 0 Å². The minimum atomic E-state index is -0.571. The second kappa shape index (κ2) is 14.4. The van der Waals surface area contributed by atoms with Crippen molar-refractivity contribution in [2.24, 2.45) is 0 Å². The van der Waals surface area contributed by atoms with E-state index >= 15 is 0 Å². The van der Waals surface area contributed by atoms with Crippen molar-refractivity contribution in [2.45, 2.75) is 37.8 Å². The van der Waals surface area contributed by atoms with Crippen LogP contribution in [0.1, 0.15) is 55.8 Å². The maximum absolute atomic E-state index is 13.7. The summed E-state index contributed by atoms with van der Waals surface area (Å²) in [7, 11) is 9.16. The Hall–Kier alpha value is -5.58. The summed E-state index contributed by atoms with van der Waals surface area (Å²) in [5.74, 6) is 3.58. The number of hydrogen-bond acceptors (Lipinski definition) is 10. The number of rotatable bonds is 5. The third kappa shape index (κ3) is 6.64. The van der Waals surface area contributed by atoms with E-state index in [4.69, 9.17) is 28.4 Å². The van der Waals surface area contributed by atoms with E-state index in [9.17, 15) is 4.79 Å². The first-order valence-corrected chi connectivity index (χ1v) is 17.9. The van der Waals surface area contributed by atoms with Gasteiger partial charge in [-0.15, -0.1) is 0 Å². The van der Waals surface area contributed by atoms with E-state index in [1.165, 1.54) is 17.3 Å². The number of ether oxygens (including phenoxy) is 6. The van der Waals surface area contributed by atoms with Gasteiger partial charge >= 0.3 is 5.97 Å². The zero-order chi connectivity index (χ0) is 36.6. The smallest absolute Gasteiger partial charge is 0.345 e. The van der Waals surface area contributed by atoms with Gasteiger partial charge in [-0.25, -0.2) is 4.79 Å². The number of aromatic nitrogens is 1. The first kappa shape index (κ1) is 34.5. The Bertz CT molecular complexity index is 2150. The van der Waals surface area contributed by atoms with Crippen molar-refractivity contribution in [1.29, 1.82) is 0 Å². The third-order valence-electron chi connectivity index (χ3n) is 10.7. The lowest BCUT2D eigenvalue weighted by Gasteiger charge is -2.37. The average molecular weight is 714 g/mol. The predicted octanol–water partition coefficient (Wildman–Crippen LogP) is 7.77. The van der Waals surface area contributed by atoms with Gasteiger partial charge in [0.15, 0.2) is 34.5 Å². The second-order valence-corrected chi connectivity index (χ2v) is 13.9. The molecule has 4 aliphatic heterocycles. The summed E-state index contributed by atoms with van der Waals surface area (Å²) in [6, 6.07) is 23.8. The van der Waals surface area contributed by atoms with Crippen molar-refractivity contribution in [3.05, 3.63) is 124 Å².